The van der Waals surface area contributed by atoms with E-state index in [9.17, 15) is 4.79 Å². The molecule has 0 unspecified atom stereocenters. The molecule has 2 heteroatoms. The number of ketones is 1. The number of fused-ring (bicyclic) bond motifs is 1. The van der Waals surface area contributed by atoms with Gasteiger partial charge in [0.25, 0.3) is 0 Å². The van der Waals surface area contributed by atoms with Crippen LogP contribution in [0.25, 0.3) is 5.69 Å². The van der Waals surface area contributed by atoms with E-state index in [0.29, 0.717) is 12.2 Å². The first-order valence-electron chi connectivity index (χ1n) is 5.99. The number of hydrogen-bond donors (Lipinski definition) is 0. The van der Waals surface area contributed by atoms with Crippen LogP contribution in [-0.2, 0) is 6.42 Å². The van der Waals surface area contributed by atoms with Crippen molar-refractivity contribution in [3.8, 4) is 5.69 Å². The lowest BCUT2D eigenvalue weighted by Gasteiger charge is -2.10. The smallest absolute Gasteiger partial charge is 0.165 e. The molecule has 0 saturated heterocycles. The molecule has 2 nitrogen and oxygen atoms in total. The number of benzene rings is 1. The van der Waals surface area contributed by atoms with Gasteiger partial charge in [-0.05, 0) is 38.0 Å². The Morgan fingerprint density at radius 2 is 1.71 bits per heavy atom. The minimum atomic E-state index is 0.301. The highest BCUT2D eigenvalue weighted by atomic mass is 16.1. The van der Waals surface area contributed by atoms with Crippen molar-refractivity contribution < 1.29 is 4.79 Å². The summed E-state index contributed by atoms with van der Waals surface area (Å²) in [5.74, 6) is 0.301. The molecule has 1 aliphatic carbocycles. The summed E-state index contributed by atoms with van der Waals surface area (Å²) >= 11 is 0. The summed E-state index contributed by atoms with van der Waals surface area (Å²) in [5.41, 5.74) is 5.66. The topological polar surface area (TPSA) is 22.0 Å². The van der Waals surface area contributed by atoms with Gasteiger partial charge in [-0.1, -0.05) is 18.2 Å². The largest absolute Gasteiger partial charge is 0.317 e. The van der Waals surface area contributed by atoms with Crippen LogP contribution < -0.4 is 0 Å². The SMILES string of the molecule is Cc1c2c(c(C)n1-c1ccccc1)C(=O)CC2. The van der Waals surface area contributed by atoms with Gasteiger partial charge in [0.05, 0.1) is 0 Å². The first-order chi connectivity index (χ1) is 8.20. The van der Waals surface area contributed by atoms with Gasteiger partial charge in [0, 0.05) is 29.1 Å². The van der Waals surface area contributed by atoms with Crippen LogP contribution in [0, 0.1) is 13.8 Å². The Balaban J connectivity index is 2.27. The van der Waals surface area contributed by atoms with Crippen LogP contribution in [0.2, 0.25) is 0 Å². The highest BCUT2D eigenvalue weighted by Gasteiger charge is 2.28. The van der Waals surface area contributed by atoms with Gasteiger partial charge in [-0.2, -0.15) is 0 Å². The average Bonchev–Trinajstić information content (AvgIpc) is 2.82. The van der Waals surface area contributed by atoms with Crippen LogP contribution in [-0.4, -0.2) is 10.4 Å². The van der Waals surface area contributed by atoms with Crippen LogP contribution in [0.5, 0.6) is 0 Å². The second kappa shape index (κ2) is 3.59. The van der Waals surface area contributed by atoms with Crippen LogP contribution in [0.3, 0.4) is 0 Å². The molecule has 1 aliphatic rings. The number of nitrogens with zero attached hydrogens (tertiary/aromatic N) is 1. The molecular weight excluding hydrogens is 210 g/mol. The molecule has 17 heavy (non-hydrogen) atoms. The Labute approximate surface area is 101 Å². The molecule has 1 aromatic carbocycles. The fourth-order valence-electron chi connectivity index (χ4n) is 2.90. The van der Waals surface area contributed by atoms with Crippen molar-refractivity contribution in [1.29, 1.82) is 0 Å². The van der Waals surface area contributed by atoms with E-state index in [4.69, 9.17) is 0 Å². The molecule has 2 aromatic rings. The number of carbonyl (C=O) groups is 1. The molecule has 0 atom stereocenters. The lowest BCUT2D eigenvalue weighted by atomic mass is 10.1. The second-order valence-corrected chi connectivity index (χ2v) is 4.62. The van der Waals surface area contributed by atoms with E-state index in [1.807, 2.05) is 25.1 Å². The highest BCUT2D eigenvalue weighted by molar-refractivity contribution is 6.02. The Hall–Kier alpha value is -1.83. The van der Waals surface area contributed by atoms with E-state index >= 15 is 0 Å². The normalized spacial score (nSPS) is 14.1. The molecule has 1 heterocycles. The van der Waals surface area contributed by atoms with Crippen molar-refractivity contribution in [2.45, 2.75) is 26.7 Å². The van der Waals surface area contributed by atoms with E-state index in [1.165, 1.54) is 11.3 Å². The monoisotopic (exact) mass is 225 g/mol. The fraction of sp³-hybridized carbons (Fsp3) is 0.267. The van der Waals surface area contributed by atoms with Gasteiger partial charge in [0.1, 0.15) is 0 Å². The predicted octanol–water partition coefficient (Wildman–Crippen LogP) is 3.22. The minimum absolute atomic E-state index is 0.301. The van der Waals surface area contributed by atoms with Gasteiger partial charge in [-0.3, -0.25) is 4.79 Å². The number of carbonyl (C=O) groups excluding carboxylic acids is 1. The molecule has 1 aromatic heterocycles. The summed E-state index contributed by atoms with van der Waals surface area (Å²) in [5, 5.41) is 0. The number of hydrogen-bond acceptors (Lipinski definition) is 1. The second-order valence-electron chi connectivity index (χ2n) is 4.62. The van der Waals surface area contributed by atoms with Gasteiger partial charge < -0.3 is 4.57 Å². The summed E-state index contributed by atoms with van der Waals surface area (Å²) in [6.07, 6.45) is 1.59. The van der Waals surface area contributed by atoms with Crippen LogP contribution in [0.4, 0.5) is 0 Å². The van der Waals surface area contributed by atoms with Gasteiger partial charge in [-0.15, -0.1) is 0 Å². The third kappa shape index (κ3) is 1.37. The summed E-state index contributed by atoms with van der Waals surface area (Å²) < 4.78 is 2.20. The molecule has 0 radical (unpaired) electrons. The van der Waals surface area contributed by atoms with E-state index in [2.05, 4.69) is 23.6 Å². The quantitative estimate of drug-likeness (QED) is 0.730. The van der Waals surface area contributed by atoms with Crippen LogP contribution in [0.1, 0.15) is 33.7 Å². The van der Waals surface area contributed by atoms with E-state index in [1.54, 1.807) is 0 Å². The number of para-hydroxylation sites is 1. The molecule has 86 valence electrons. The van der Waals surface area contributed by atoms with Crippen LogP contribution in [0.15, 0.2) is 30.3 Å². The lowest BCUT2D eigenvalue weighted by molar-refractivity contribution is 0.0993. The molecular formula is C15H15NO. The van der Waals surface area contributed by atoms with Crippen molar-refractivity contribution in [3.63, 3.8) is 0 Å². The van der Waals surface area contributed by atoms with Crippen molar-refractivity contribution in [3.05, 3.63) is 52.8 Å². The highest BCUT2D eigenvalue weighted by Crippen LogP contribution is 2.32. The molecule has 0 bridgehead atoms. The van der Waals surface area contributed by atoms with Crippen molar-refractivity contribution in [2.24, 2.45) is 0 Å². The first-order valence-corrected chi connectivity index (χ1v) is 5.99. The maximum Gasteiger partial charge on any atom is 0.165 e. The summed E-state index contributed by atoms with van der Waals surface area (Å²) in [7, 11) is 0. The molecule has 0 saturated carbocycles. The molecule has 0 spiro atoms. The molecule has 0 amide bonds. The van der Waals surface area contributed by atoms with Crippen molar-refractivity contribution in [1.82, 2.24) is 4.57 Å². The third-order valence-electron chi connectivity index (χ3n) is 3.67. The van der Waals surface area contributed by atoms with E-state index in [-0.39, 0.29) is 0 Å². The Kier molecular flexibility index (Phi) is 2.18. The average molecular weight is 225 g/mol. The fourth-order valence-corrected chi connectivity index (χ4v) is 2.90. The van der Waals surface area contributed by atoms with Crippen LogP contribution >= 0.6 is 0 Å². The zero-order chi connectivity index (χ0) is 12.0. The third-order valence-corrected chi connectivity index (χ3v) is 3.67. The summed E-state index contributed by atoms with van der Waals surface area (Å²) in [6, 6.07) is 10.2. The number of aromatic nitrogens is 1. The van der Waals surface area contributed by atoms with Gasteiger partial charge in [0.15, 0.2) is 5.78 Å². The number of Topliss-reactive ketones (excluding diaryl/α,β-unsaturated/α-hetero) is 1. The Morgan fingerprint density at radius 3 is 2.35 bits per heavy atom. The zero-order valence-corrected chi connectivity index (χ0v) is 10.2. The molecule has 3 rings (SSSR count). The van der Waals surface area contributed by atoms with Crippen molar-refractivity contribution >= 4 is 5.78 Å². The van der Waals surface area contributed by atoms with Crippen molar-refractivity contribution in [2.75, 3.05) is 0 Å². The summed E-state index contributed by atoms with van der Waals surface area (Å²) in [4.78, 5) is 11.9. The van der Waals surface area contributed by atoms with E-state index in [0.717, 1.165) is 23.4 Å². The first kappa shape index (κ1) is 10.3. The van der Waals surface area contributed by atoms with Gasteiger partial charge in [0.2, 0.25) is 0 Å². The maximum atomic E-state index is 11.9. The molecule has 0 fully saturated rings. The van der Waals surface area contributed by atoms with Gasteiger partial charge in [-0.25, -0.2) is 0 Å². The Morgan fingerprint density at radius 1 is 1.00 bits per heavy atom. The lowest BCUT2D eigenvalue weighted by Crippen LogP contribution is -2.02. The van der Waals surface area contributed by atoms with E-state index < -0.39 is 0 Å². The minimum Gasteiger partial charge on any atom is -0.317 e. The zero-order valence-electron chi connectivity index (χ0n) is 10.2. The molecule has 0 aliphatic heterocycles. The Bertz CT molecular complexity index is 593. The van der Waals surface area contributed by atoms with Gasteiger partial charge >= 0.3 is 0 Å². The standard InChI is InChI=1S/C15H15NO/c1-10-13-8-9-14(17)15(13)11(2)16(10)12-6-4-3-5-7-12/h3-7H,8-9H2,1-2H3. The number of rotatable bonds is 1. The predicted molar refractivity (Wildman–Crippen MR) is 67.9 cm³/mol. The molecule has 0 N–H and O–H groups in total. The maximum absolute atomic E-state index is 11.9. The summed E-state index contributed by atoms with van der Waals surface area (Å²) in [6.45, 7) is 4.15.